The lowest BCUT2D eigenvalue weighted by molar-refractivity contribution is 0.240. The lowest BCUT2D eigenvalue weighted by atomic mass is 10.0. The summed E-state index contributed by atoms with van der Waals surface area (Å²) < 4.78 is 1.15. The summed E-state index contributed by atoms with van der Waals surface area (Å²) >= 11 is 3.47. The Kier molecular flexibility index (Phi) is 3.91. The van der Waals surface area contributed by atoms with Gasteiger partial charge >= 0.3 is 0 Å². The monoisotopic (exact) mass is 296 g/mol. The summed E-state index contributed by atoms with van der Waals surface area (Å²) in [7, 11) is 2.22. The molecular weight excluding hydrogens is 276 g/mol. The van der Waals surface area contributed by atoms with Crippen LogP contribution in [-0.2, 0) is 6.54 Å². The highest BCUT2D eigenvalue weighted by Crippen LogP contribution is 2.22. The molecule has 0 bridgehead atoms. The van der Waals surface area contributed by atoms with Crippen molar-refractivity contribution in [2.45, 2.75) is 38.4 Å². The zero-order valence-corrected chi connectivity index (χ0v) is 12.4. The van der Waals surface area contributed by atoms with Crippen LogP contribution in [0.25, 0.3) is 0 Å². The minimum absolute atomic E-state index is 0.290. The zero-order chi connectivity index (χ0) is 12.5. The van der Waals surface area contributed by atoms with Crippen molar-refractivity contribution in [2.24, 2.45) is 0 Å². The van der Waals surface area contributed by atoms with Gasteiger partial charge in [-0.1, -0.05) is 28.1 Å². The largest absolute Gasteiger partial charge is 0.310 e. The van der Waals surface area contributed by atoms with Gasteiger partial charge in [0.25, 0.3) is 0 Å². The van der Waals surface area contributed by atoms with Crippen molar-refractivity contribution in [2.75, 3.05) is 13.6 Å². The fourth-order valence-corrected chi connectivity index (χ4v) is 2.71. The first kappa shape index (κ1) is 13.1. The van der Waals surface area contributed by atoms with E-state index in [0.717, 1.165) is 17.6 Å². The van der Waals surface area contributed by atoms with Gasteiger partial charge in [-0.15, -0.1) is 0 Å². The lowest BCUT2D eigenvalue weighted by Gasteiger charge is -2.25. The molecular formula is C14H21BrN2. The van der Waals surface area contributed by atoms with E-state index in [0.29, 0.717) is 11.6 Å². The highest BCUT2D eigenvalue weighted by Gasteiger charge is 2.32. The Morgan fingerprint density at radius 3 is 2.53 bits per heavy atom. The van der Waals surface area contributed by atoms with Crippen molar-refractivity contribution in [3.8, 4) is 0 Å². The summed E-state index contributed by atoms with van der Waals surface area (Å²) in [4.78, 5) is 2.45. The first-order chi connectivity index (χ1) is 7.96. The first-order valence-electron chi connectivity index (χ1n) is 6.16. The van der Waals surface area contributed by atoms with Gasteiger partial charge in [-0.25, -0.2) is 0 Å². The summed E-state index contributed by atoms with van der Waals surface area (Å²) in [6.07, 6.45) is 1.22. The van der Waals surface area contributed by atoms with Crippen LogP contribution in [-0.4, -0.2) is 30.1 Å². The van der Waals surface area contributed by atoms with Gasteiger partial charge in [-0.05, 0) is 45.0 Å². The van der Waals surface area contributed by atoms with E-state index < -0.39 is 0 Å². The van der Waals surface area contributed by atoms with Crippen molar-refractivity contribution in [3.05, 3.63) is 34.3 Å². The molecule has 94 valence electrons. The Morgan fingerprint density at radius 1 is 1.35 bits per heavy atom. The van der Waals surface area contributed by atoms with Crippen LogP contribution < -0.4 is 5.32 Å². The van der Waals surface area contributed by atoms with Crippen LogP contribution in [0.5, 0.6) is 0 Å². The van der Waals surface area contributed by atoms with Crippen LogP contribution in [0.2, 0.25) is 0 Å². The number of benzene rings is 1. The van der Waals surface area contributed by atoms with Crippen molar-refractivity contribution in [1.29, 1.82) is 0 Å². The molecule has 0 spiro atoms. The predicted molar refractivity (Wildman–Crippen MR) is 76.1 cm³/mol. The van der Waals surface area contributed by atoms with Gasteiger partial charge in [0.15, 0.2) is 0 Å². The number of hydrogen-bond donors (Lipinski definition) is 1. The number of halogens is 1. The molecule has 0 aromatic heterocycles. The van der Waals surface area contributed by atoms with Gasteiger partial charge in [-0.2, -0.15) is 0 Å². The SMILES string of the molecule is CN(Cc1ccc(Br)cc1)C1CNC(C)(C)C1. The van der Waals surface area contributed by atoms with E-state index in [-0.39, 0.29) is 0 Å². The normalized spacial score (nSPS) is 23.2. The Balaban J connectivity index is 1.93. The Labute approximate surface area is 113 Å². The predicted octanol–water partition coefficient (Wildman–Crippen LogP) is 3.02. The fourth-order valence-electron chi connectivity index (χ4n) is 2.45. The van der Waals surface area contributed by atoms with E-state index in [4.69, 9.17) is 0 Å². The summed E-state index contributed by atoms with van der Waals surface area (Å²) in [5.41, 5.74) is 1.67. The number of likely N-dealkylation sites (N-methyl/N-ethyl adjacent to an activating group) is 1. The van der Waals surface area contributed by atoms with E-state index in [1.54, 1.807) is 0 Å². The summed E-state index contributed by atoms with van der Waals surface area (Å²) in [6.45, 7) is 6.68. The third-order valence-corrected chi connectivity index (χ3v) is 4.06. The molecule has 2 rings (SSSR count). The van der Waals surface area contributed by atoms with Crippen molar-refractivity contribution >= 4 is 15.9 Å². The van der Waals surface area contributed by atoms with Gasteiger partial charge in [0.1, 0.15) is 0 Å². The standard InChI is InChI=1S/C14H21BrN2/c1-14(2)8-13(9-16-14)17(3)10-11-4-6-12(15)7-5-11/h4-7,13,16H,8-10H2,1-3H3. The maximum atomic E-state index is 3.57. The molecule has 1 aromatic rings. The van der Waals surface area contributed by atoms with E-state index >= 15 is 0 Å². The molecule has 1 aliphatic rings. The Hall–Kier alpha value is -0.380. The molecule has 1 unspecified atom stereocenters. The molecule has 1 aromatic carbocycles. The van der Waals surface area contributed by atoms with E-state index in [9.17, 15) is 0 Å². The van der Waals surface area contributed by atoms with Gasteiger partial charge in [-0.3, -0.25) is 4.90 Å². The van der Waals surface area contributed by atoms with Crippen LogP contribution in [0, 0.1) is 0 Å². The molecule has 3 heteroatoms. The van der Waals surface area contributed by atoms with Crippen molar-refractivity contribution in [3.63, 3.8) is 0 Å². The molecule has 17 heavy (non-hydrogen) atoms. The van der Waals surface area contributed by atoms with Gasteiger partial charge in [0.2, 0.25) is 0 Å². The zero-order valence-electron chi connectivity index (χ0n) is 10.8. The lowest BCUT2D eigenvalue weighted by Crippen LogP contribution is -2.32. The second kappa shape index (κ2) is 5.09. The maximum absolute atomic E-state index is 3.57. The summed E-state index contributed by atoms with van der Waals surface area (Å²) in [5, 5.41) is 3.57. The number of rotatable bonds is 3. The number of nitrogens with zero attached hydrogens (tertiary/aromatic N) is 1. The third kappa shape index (κ3) is 3.54. The molecule has 1 aliphatic heterocycles. The summed E-state index contributed by atoms with van der Waals surface area (Å²) in [6, 6.07) is 9.25. The average Bonchev–Trinajstić information content (AvgIpc) is 2.62. The molecule has 0 aliphatic carbocycles. The molecule has 1 heterocycles. The molecule has 0 radical (unpaired) electrons. The maximum Gasteiger partial charge on any atom is 0.0238 e. The minimum Gasteiger partial charge on any atom is -0.310 e. The van der Waals surface area contributed by atoms with Gasteiger partial charge < -0.3 is 5.32 Å². The quantitative estimate of drug-likeness (QED) is 0.922. The highest BCUT2D eigenvalue weighted by atomic mass is 79.9. The van der Waals surface area contributed by atoms with Crippen molar-refractivity contribution in [1.82, 2.24) is 10.2 Å². The third-order valence-electron chi connectivity index (χ3n) is 3.53. The van der Waals surface area contributed by atoms with Gasteiger partial charge in [0, 0.05) is 29.1 Å². The molecule has 0 amide bonds. The second-order valence-electron chi connectivity index (χ2n) is 5.66. The smallest absolute Gasteiger partial charge is 0.0238 e. The molecule has 1 N–H and O–H groups in total. The first-order valence-corrected chi connectivity index (χ1v) is 6.95. The Morgan fingerprint density at radius 2 is 2.00 bits per heavy atom. The number of hydrogen-bond acceptors (Lipinski definition) is 2. The van der Waals surface area contributed by atoms with Crippen LogP contribution in [0.4, 0.5) is 0 Å². The van der Waals surface area contributed by atoms with E-state index in [2.05, 4.69) is 71.3 Å². The number of nitrogens with one attached hydrogen (secondary N) is 1. The fraction of sp³-hybridized carbons (Fsp3) is 0.571. The minimum atomic E-state index is 0.290. The summed E-state index contributed by atoms with van der Waals surface area (Å²) in [5.74, 6) is 0. The highest BCUT2D eigenvalue weighted by molar-refractivity contribution is 9.10. The second-order valence-corrected chi connectivity index (χ2v) is 6.58. The Bertz CT molecular complexity index is 372. The molecule has 2 nitrogen and oxygen atoms in total. The van der Waals surface area contributed by atoms with Crippen LogP contribution >= 0.6 is 15.9 Å². The van der Waals surface area contributed by atoms with Gasteiger partial charge in [0.05, 0.1) is 0 Å². The molecule has 1 saturated heterocycles. The average molecular weight is 297 g/mol. The molecule has 1 fully saturated rings. The molecule has 1 atom stereocenters. The van der Waals surface area contributed by atoms with Crippen LogP contribution in [0.15, 0.2) is 28.7 Å². The van der Waals surface area contributed by atoms with Crippen LogP contribution in [0.3, 0.4) is 0 Å². The topological polar surface area (TPSA) is 15.3 Å². The van der Waals surface area contributed by atoms with E-state index in [1.165, 1.54) is 12.0 Å². The van der Waals surface area contributed by atoms with Crippen molar-refractivity contribution < 1.29 is 0 Å². The van der Waals surface area contributed by atoms with Crippen LogP contribution in [0.1, 0.15) is 25.8 Å². The molecule has 0 saturated carbocycles. The van der Waals surface area contributed by atoms with E-state index in [1.807, 2.05) is 0 Å².